The molecule has 0 radical (unpaired) electrons. The molecule has 0 bridgehead atoms. The highest BCUT2D eigenvalue weighted by molar-refractivity contribution is 7.98. The van der Waals surface area contributed by atoms with Crippen molar-refractivity contribution in [3.05, 3.63) is 29.8 Å². The number of hydrogen-bond donors (Lipinski definition) is 2. The number of nitrogens with one attached hydrogen (secondary N) is 2. The van der Waals surface area contributed by atoms with Gasteiger partial charge in [-0.15, -0.1) is 11.8 Å². The fraction of sp³-hybridized carbons (Fsp3) is 0.562. The largest absolute Gasteiger partial charge is 0.357 e. The van der Waals surface area contributed by atoms with Crippen molar-refractivity contribution in [1.82, 2.24) is 10.6 Å². The van der Waals surface area contributed by atoms with Crippen LogP contribution in [0.5, 0.6) is 0 Å². The van der Waals surface area contributed by atoms with Gasteiger partial charge < -0.3 is 10.6 Å². The first kappa shape index (κ1) is 15.2. The summed E-state index contributed by atoms with van der Waals surface area (Å²) in [5.74, 6) is 0.952. The van der Waals surface area contributed by atoms with E-state index in [-0.39, 0.29) is 0 Å². The Morgan fingerprint density at radius 3 is 2.55 bits per heavy atom. The van der Waals surface area contributed by atoms with Gasteiger partial charge in [-0.05, 0) is 43.7 Å². The minimum Gasteiger partial charge on any atom is -0.357 e. The lowest BCUT2D eigenvalue weighted by atomic mass is 10.2. The minimum absolute atomic E-state index is 0.603. The third-order valence-corrected chi connectivity index (χ3v) is 4.36. The standard InChI is InChI=1S/C16H25N3S/c1-3-17-16(19-14-6-4-5-7-14)18-12-13-8-10-15(20-2)11-9-13/h8-11,14H,3-7,12H2,1-2H3,(H2,17,18,19). The van der Waals surface area contributed by atoms with Crippen molar-refractivity contribution in [2.45, 2.75) is 50.1 Å². The molecule has 1 aromatic rings. The smallest absolute Gasteiger partial charge is 0.191 e. The number of thioether (sulfide) groups is 1. The summed E-state index contributed by atoms with van der Waals surface area (Å²) in [6, 6.07) is 9.24. The van der Waals surface area contributed by atoms with Gasteiger partial charge in [-0.1, -0.05) is 25.0 Å². The van der Waals surface area contributed by atoms with Gasteiger partial charge in [0, 0.05) is 17.5 Å². The van der Waals surface area contributed by atoms with E-state index in [0.717, 1.165) is 19.0 Å². The summed E-state index contributed by atoms with van der Waals surface area (Å²) < 4.78 is 0. The zero-order valence-electron chi connectivity index (χ0n) is 12.5. The topological polar surface area (TPSA) is 36.4 Å². The molecule has 0 unspecified atom stereocenters. The van der Waals surface area contributed by atoms with Crippen LogP contribution in [0.4, 0.5) is 0 Å². The molecule has 0 atom stereocenters. The third-order valence-electron chi connectivity index (χ3n) is 3.62. The van der Waals surface area contributed by atoms with Crippen molar-refractivity contribution in [3.63, 3.8) is 0 Å². The van der Waals surface area contributed by atoms with E-state index < -0.39 is 0 Å². The Labute approximate surface area is 126 Å². The van der Waals surface area contributed by atoms with Crippen LogP contribution in [0.15, 0.2) is 34.2 Å². The Morgan fingerprint density at radius 2 is 1.95 bits per heavy atom. The van der Waals surface area contributed by atoms with Gasteiger partial charge in [0.2, 0.25) is 0 Å². The van der Waals surface area contributed by atoms with E-state index in [4.69, 9.17) is 4.99 Å². The number of hydrogen-bond acceptors (Lipinski definition) is 2. The lowest BCUT2D eigenvalue weighted by Gasteiger charge is -2.16. The lowest BCUT2D eigenvalue weighted by molar-refractivity contribution is 0.614. The van der Waals surface area contributed by atoms with E-state index >= 15 is 0 Å². The molecular weight excluding hydrogens is 266 g/mol. The van der Waals surface area contributed by atoms with Crippen LogP contribution in [0, 0.1) is 0 Å². The first-order chi connectivity index (χ1) is 9.81. The molecule has 2 rings (SSSR count). The zero-order chi connectivity index (χ0) is 14.2. The van der Waals surface area contributed by atoms with Crippen LogP contribution in [0.2, 0.25) is 0 Å². The van der Waals surface area contributed by atoms with Crippen LogP contribution >= 0.6 is 11.8 Å². The Hall–Kier alpha value is -1.16. The predicted octanol–water partition coefficient (Wildman–Crippen LogP) is 3.41. The van der Waals surface area contributed by atoms with Crippen LogP contribution in [-0.2, 0) is 6.54 Å². The first-order valence-electron chi connectivity index (χ1n) is 7.49. The molecule has 3 nitrogen and oxygen atoms in total. The van der Waals surface area contributed by atoms with Gasteiger partial charge in [-0.3, -0.25) is 0 Å². The zero-order valence-corrected chi connectivity index (χ0v) is 13.3. The van der Waals surface area contributed by atoms with Crippen molar-refractivity contribution < 1.29 is 0 Å². The van der Waals surface area contributed by atoms with Crippen molar-refractivity contribution in [2.75, 3.05) is 12.8 Å². The molecule has 20 heavy (non-hydrogen) atoms. The highest BCUT2D eigenvalue weighted by Gasteiger charge is 2.15. The number of rotatable bonds is 5. The average Bonchev–Trinajstić information content (AvgIpc) is 2.98. The molecule has 0 aliphatic heterocycles. The fourth-order valence-electron chi connectivity index (χ4n) is 2.48. The van der Waals surface area contributed by atoms with Gasteiger partial charge in [-0.2, -0.15) is 0 Å². The van der Waals surface area contributed by atoms with Crippen LogP contribution in [-0.4, -0.2) is 24.8 Å². The molecule has 1 aromatic carbocycles. The molecule has 0 saturated heterocycles. The Bertz CT molecular complexity index is 422. The van der Waals surface area contributed by atoms with Crippen molar-refractivity contribution >= 4 is 17.7 Å². The van der Waals surface area contributed by atoms with E-state index in [9.17, 15) is 0 Å². The molecule has 1 aliphatic rings. The summed E-state index contributed by atoms with van der Waals surface area (Å²) in [4.78, 5) is 5.99. The van der Waals surface area contributed by atoms with Crippen molar-refractivity contribution in [1.29, 1.82) is 0 Å². The molecule has 110 valence electrons. The minimum atomic E-state index is 0.603. The van der Waals surface area contributed by atoms with E-state index in [0.29, 0.717) is 6.04 Å². The maximum atomic E-state index is 4.69. The van der Waals surface area contributed by atoms with E-state index in [2.05, 4.69) is 48.1 Å². The van der Waals surface area contributed by atoms with E-state index in [1.807, 2.05) is 0 Å². The molecular formula is C16H25N3S. The second-order valence-corrected chi connectivity index (χ2v) is 6.05. The molecule has 2 N–H and O–H groups in total. The highest BCUT2D eigenvalue weighted by atomic mass is 32.2. The summed E-state index contributed by atoms with van der Waals surface area (Å²) in [6.45, 7) is 3.75. The summed E-state index contributed by atoms with van der Waals surface area (Å²) in [6.07, 6.45) is 7.32. The number of nitrogens with zero attached hydrogens (tertiary/aromatic N) is 1. The third kappa shape index (κ3) is 4.75. The van der Waals surface area contributed by atoms with Gasteiger partial charge in [0.15, 0.2) is 5.96 Å². The molecule has 4 heteroatoms. The maximum absolute atomic E-state index is 4.69. The predicted molar refractivity (Wildman–Crippen MR) is 88.4 cm³/mol. The van der Waals surface area contributed by atoms with Crippen LogP contribution in [0.25, 0.3) is 0 Å². The van der Waals surface area contributed by atoms with Crippen molar-refractivity contribution in [2.24, 2.45) is 4.99 Å². The van der Waals surface area contributed by atoms with E-state index in [1.54, 1.807) is 11.8 Å². The second-order valence-electron chi connectivity index (χ2n) is 5.17. The van der Waals surface area contributed by atoms with Gasteiger partial charge in [0.05, 0.1) is 6.54 Å². The first-order valence-corrected chi connectivity index (χ1v) is 8.72. The molecule has 1 fully saturated rings. The normalized spacial score (nSPS) is 16.4. The van der Waals surface area contributed by atoms with Crippen LogP contribution in [0.1, 0.15) is 38.2 Å². The molecule has 0 spiro atoms. The van der Waals surface area contributed by atoms with Crippen molar-refractivity contribution in [3.8, 4) is 0 Å². The van der Waals surface area contributed by atoms with Gasteiger partial charge in [0.1, 0.15) is 0 Å². The summed E-state index contributed by atoms with van der Waals surface area (Å²) in [5.41, 5.74) is 1.26. The number of benzene rings is 1. The fourth-order valence-corrected chi connectivity index (χ4v) is 2.89. The lowest BCUT2D eigenvalue weighted by Crippen LogP contribution is -2.42. The Balaban J connectivity index is 1.92. The van der Waals surface area contributed by atoms with Gasteiger partial charge >= 0.3 is 0 Å². The molecule has 1 saturated carbocycles. The number of aliphatic imine (C=N–C) groups is 1. The molecule has 0 amide bonds. The maximum Gasteiger partial charge on any atom is 0.191 e. The monoisotopic (exact) mass is 291 g/mol. The summed E-state index contributed by atoms with van der Waals surface area (Å²) in [5, 5.41) is 6.88. The van der Waals surface area contributed by atoms with Gasteiger partial charge in [0.25, 0.3) is 0 Å². The second kappa shape index (κ2) is 8.20. The molecule has 0 heterocycles. The molecule has 1 aliphatic carbocycles. The summed E-state index contributed by atoms with van der Waals surface area (Å²) >= 11 is 1.77. The number of guanidine groups is 1. The summed E-state index contributed by atoms with van der Waals surface area (Å²) in [7, 11) is 0. The van der Waals surface area contributed by atoms with Crippen LogP contribution in [0.3, 0.4) is 0 Å². The van der Waals surface area contributed by atoms with Gasteiger partial charge in [-0.25, -0.2) is 4.99 Å². The Kier molecular flexibility index (Phi) is 6.25. The SMILES string of the molecule is CCNC(=NCc1ccc(SC)cc1)NC1CCCC1. The van der Waals surface area contributed by atoms with E-state index in [1.165, 1.54) is 36.1 Å². The van der Waals surface area contributed by atoms with Crippen LogP contribution < -0.4 is 10.6 Å². The Morgan fingerprint density at radius 1 is 1.25 bits per heavy atom. The quantitative estimate of drug-likeness (QED) is 0.496. The highest BCUT2D eigenvalue weighted by Crippen LogP contribution is 2.18. The average molecular weight is 291 g/mol. The molecule has 0 aromatic heterocycles.